The fourth-order valence-electron chi connectivity index (χ4n) is 2.07. The lowest BCUT2D eigenvalue weighted by molar-refractivity contribution is -0.118. The van der Waals surface area contributed by atoms with Crippen molar-refractivity contribution in [3.8, 4) is 11.8 Å². The maximum atomic E-state index is 12.2. The van der Waals surface area contributed by atoms with Crippen LogP contribution in [0.15, 0.2) is 47.4 Å². The number of ether oxygens (including phenoxy) is 1. The van der Waals surface area contributed by atoms with Crippen LogP contribution in [0.3, 0.4) is 0 Å². The molecule has 2 aromatic carbocycles. The summed E-state index contributed by atoms with van der Waals surface area (Å²) in [6, 6.07) is 12.9. The molecule has 0 radical (unpaired) electrons. The van der Waals surface area contributed by atoms with Crippen LogP contribution in [-0.4, -0.2) is 39.3 Å². The Morgan fingerprint density at radius 1 is 1.19 bits per heavy atom. The minimum absolute atomic E-state index is 0.0939. The standard InChI is InChI=1S/C18H19N3O4S/c1-13-4-9-16(26(23,24)21(2)3)10-17(13)20-18(22)12-25-15-7-5-14(11-19)6-8-15/h4-10H,12H2,1-3H3,(H,20,22). The molecule has 0 heterocycles. The molecule has 0 aliphatic carbocycles. The average Bonchev–Trinajstić information content (AvgIpc) is 2.62. The third-order valence-electron chi connectivity index (χ3n) is 3.62. The van der Waals surface area contributed by atoms with E-state index in [0.717, 1.165) is 9.87 Å². The van der Waals surface area contributed by atoms with Gasteiger partial charge in [0, 0.05) is 19.8 Å². The van der Waals surface area contributed by atoms with Crippen molar-refractivity contribution in [3.05, 3.63) is 53.6 Å². The van der Waals surface area contributed by atoms with Gasteiger partial charge in [0.05, 0.1) is 16.5 Å². The van der Waals surface area contributed by atoms with Crippen LogP contribution in [0.25, 0.3) is 0 Å². The predicted octanol–water partition coefficient (Wildman–Crippen LogP) is 2.13. The Labute approximate surface area is 152 Å². The number of sulfonamides is 1. The number of anilines is 1. The number of carbonyl (C=O) groups is 1. The number of nitrogens with one attached hydrogen (secondary N) is 1. The molecule has 0 fully saturated rings. The zero-order valence-corrected chi connectivity index (χ0v) is 15.5. The Morgan fingerprint density at radius 3 is 2.42 bits per heavy atom. The lowest BCUT2D eigenvalue weighted by atomic mass is 10.2. The molecule has 1 amide bonds. The molecule has 0 bridgehead atoms. The Morgan fingerprint density at radius 2 is 1.85 bits per heavy atom. The van der Waals surface area contributed by atoms with Gasteiger partial charge >= 0.3 is 0 Å². The second kappa shape index (κ2) is 7.99. The molecular formula is C18H19N3O4S. The van der Waals surface area contributed by atoms with E-state index in [1.54, 1.807) is 37.3 Å². The number of hydrogen-bond donors (Lipinski definition) is 1. The number of benzene rings is 2. The molecule has 0 saturated carbocycles. The Bertz CT molecular complexity index is 945. The minimum atomic E-state index is -3.59. The zero-order chi connectivity index (χ0) is 19.3. The van der Waals surface area contributed by atoms with Crippen molar-refractivity contribution in [3.63, 3.8) is 0 Å². The van der Waals surface area contributed by atoms with Crippen LogP contribution in [0.2, 0.25) is 0 Å². The third-order valence-corrected chi connectivity index (χ3v) is 5.43. The highest BCUT2D eigenvalue weighted by atomic mass is 32.2. The quantitative estimate of drug-likeness (QED) is 0.836. The smallest absolute Gasteiger partial charge is 0.262 e. The van der Waals surface area contributed by atoms with E-state index in [0.29, 0.717) is 17.0 Å². The molecule has 136 valence electrons. The van der Waals surface area contributed by atoms with Gasteiger partial charge in [0.2, 0.25) is 10.0 Å². The van der Waals surface area contributed by atoms with Crippen LogP contribution >= 0.6 is 0 Å². The molecule has 26 heavy (non-hydrogen) atoms. The average molecular weight is 373 g/mol. The van der Waals surface area contributed by atoms with Crippen molar-refractivity contribution in [2.75, 3.05) is 26.0 Å². The summed E-state index contributed by atoms with van der Waals surface area (Å²) in [5, 5.41) is 11.4. The number of nitrogens with zero attached hydrogens (tertiary/aromatic N) is 2. The molecule has 8 heteroatoms. The Kier molecular flexibility index (Phi) is 5.97. The van der Waals surface area contributed by atoms with E-state index >= 15 is 0 Å². The van der Waals surface area contributed by atoms with Gasteiger partial charge in [-0.25, -0.2) is 12.7 Å². The molecule has 2 rings (SSSR count). The van der Waals surface area contributed by atoms with Crippen LogP contribution < -0.4 is 10.1 Å². The highest BCUT2D eigenvalue weighted by molar-refractivity contribution is 7.89. The second-order valence-electron chi connectivity index (χ2n) is 5.74. The summed E-state index contributed by atoms with van der Waals surface area (Å²) < 4.78 is 30.9. The van der Waals surface area contributed by atoms with Gasteiger partial charge in [0.25, 0.3) is 5.91 Å². The highest BCUT2D eigenvalue weighted by Gasteiger charge is 2.18. The van der Waals surface area contributed by atoms with E-state index < -0.39 is 15.9 Å². The minimum Gasteiger partial charge on any atom is -0.484 e. The molecule has 0 atom stereocenters. The van der Waals surface area contributed by atoms with Gasteiger partial charge < -0.3 is 10.1 Å². The van der Waals surface area contributed by atoms with Gasteiger partial charge in [-0.15, -0.1) is 0 Å². The number of carbonyl (C=O) groups excluding carboxylic acids is 1. The number of aryl methyl sites for hydroxylation is 1. The van der Waals surface area contributed by atoms with Gasteiger partial charge in [0.1, 0.15) is 5.75 Å². The molecule has 2 aromatic rings. The first-order valence-electron chi connectivity index (χ1n) is 7.70. The zero-order valence-electron chi connectivity index (χ0n) is 14.7. The molecule has 0 aliphatic heterocycles. The Hall–Kier alpha value is -2.89. The number of nitriles is 1. The van der Waals surface area contributed by atoms with Crippen molar-refractivity contribution < 1.29 is 17.9 Å². The summed E-state index contributed by atoms with van der Waals surface area (Å²) in [4.78, 5) is 12.2. The SMILES string of the molecule is Cc1ccc(S(=O)(=O)N(C)C)cc1NC(=O)COc1ccc(C#N)cc1. The van der Waals surface area contributed by atoms with E-state index in [4.69, 9.17) is 10.00 Å². The summed E-state index contributed by atoms with van der Waals surface area (Å²) in [6.45, 7) is 1.53. The summed E-state index contributed by atoms with van der Waals surface area (Å²) in [7, 11) is -0.703. The normalized spacial score (nSPS) is 11.0. The lowest BCUT2D eigenvalue weighted by Crippen LogP contribution is -2.23. The molecule has 0 saturated heterocycles. The van der Waals surface area contributed by atoms with Crippen molar-refractivity contribution in [1.82, 2.24) is 4.31 Å². The second-order valence-corrected chi connectivity index (χ2v) is 7.89. The number of amides is 1. The molecule has 7 nitrogen and oxygen atoms in total. The topological polar surface area (TPSA) is 99.5 Å². The summed E-state index contributed by atoms with van der Waals surface area (Å²) in [5.41, 5.74) is 1.63. The fraction of sp³-hybridized carbons (Fsp3) is 0.222. The van der Waals surface area contributed by atoms with E-state index in [2.05, 4.69) is 5.32 Å². The Balaban J connectivity index is 2.07. The van der Waals surface area contributed by atoms with Gasteiger partial charge in [-0.1, -0.05) is 6.07 Å². The van der Waals surface area contributed by atoms with E-state index in [9.17, 15) is 13.2 Å². The monoisotopic (exact) mass is 373 g/mol. The molecule has 0 unspecified atom stereocenters. The largest absolute Gasteiger partial charge is 0.484 e. The lowest BCUT2D eigenvalue weighted by Gasteiger charge is -2.14. The van der Waals surface area contributed by atoms with E-state index in [1.165, 1.54) is 26.2 Å². The molecule has 1 N–H and O–H groups in total. The van der Waals surface area contributed by atoms with Crippen molar-refractivity contribution in [2.45, 2.75) is 11.8 Å². The molecule has 0 aliphatic rings. The van der Waals surface area contributed by atoms with Gasteiger partial charge in [-0.05, 0) is 48.9 Å². The maximum absolute atomic E-state index is 12.2. The number of rotatable bonds is 6. The van der Waals surface area contributed by atoms with Crippen molar-refractivity contribution >= 4 is 21.6 Å². The summed E-state index contributed by atoms with van der Waals surface area (Å²) in [5.74, 6) is 0.0386. The first-order chi connectivity index (χ1) is 12.2. The number of hydrogen-bond acceptors (Lipinski definition) is 5. The molecular weight excluding hydrogens is 354 g/mol. The van der Waals surface area contributed by atoms with Gasteiger partial charge in [0.15, 0.2) is 6.61 Å². The highest BCUT2D eigenvalue weighted by Crippen LogP contribution is 2.22. The first kappa shape index (κ1) is 19.4. The van der Waals surface area contributed by atoms with E-state index in [-0.39, 0.29) is 11.5 Å². The summed E-state index contributed by atoms with van der Waals surface area (Å²) in [6.07, 6.45) is 0. The van der Waals surface area contributed by atoms with Crippen LogP contribution in [0.5, 0.6) is 5.75 Å². The van der Waals surface area contributed by atoms with Crippen LogP contribution in [0.4, 0.5) is 5.69 Å². The third kappa shape index (κ3) is 4.59. The van der Waals surface area contributed by atoms with Gasteiger partial charge in [-0.3, -0.25) is 4.79 Å². The predicted molar refractivity (Wildman–Crippen MR) is 97.3 cm³/mol. The maximum Gasteiger partial charge on any atom is 0.262 e. The van der Waals surface area contributed by atoms with E-state index in [1.807, 2.05) is 6.07 Å². The van der Waals surface area contributed by atoms with Crippen molar-refractivity contribution in [2.24, 2.45) is 0 Å². The summed E-state index contributed by atoms with van der Waals surface area (Å²) >= 11 is 0. The molecule has 0 aromatic heterocycles. The van der Waals surface area contributed by atoms with Crippen LogP contribution in [0.1, 0.15) is 11.1 Å². The fourth-order valence-corrected chi connectivity index (χ4v) is 3.00. The first-order valence-corrected chi connectivity index (χ1v) is 9.14. The van der Waals surface area contributed by atoms with Crippen molar-refractivity contribution in [1.29, 1.82) is 5.26 Å². The van der Waals surface area contributed by atoms with Crippen LogP contribution in [0, 0.1) is 18.3 Å². The van der Waals surface area contributed by atoms with Gasteiger partial charge in [-0.2, -0.15) is 5.26 Å². The molecule has 0 spiro atoms. The van der Waals surface area contributed by atoms with Crippen LogP contribution in [-0.2, 0) is 14.8 Å².